The summed E-state index contributed by atoms with van der Waals surface area (Å²) in [7, 11) is 0. The van der Waals surface area contributed by atoms with Gasteiger partial charge in [-0.15, -0.1) is 0 Å². The molecule has 0 bridgehead atoms. The summed E-state index contributed by atoms with van der Waals surface area (Å²) in [6.07, 6.45) is 9.19. The molecule has 2 aliphatic carbocycles. The number of halogens is 4. The summed E-state index contributed by atoms with van der Waals surface area (Å²) < 4.78 is 51.1. The zero-order chi connectivity index (χ0) is 20.1. The van der Waals surface area contributed by atoms with E-state index in [0.29, 0.717) is 5.92 Å². The van der Waals surface area contributed by atoms with Crippen LogP contribution in [0.3, 0.4) is 0 Å². The summed E-state index contributed by atoms with van der Waals surface area (Å²) in [5, 5.41) is 0. The smallest absolute Gasteiger partial charge is 0.206 e. The Balaban J connectivity index is 1.52. The van der Waals surface area contributed by atoms with Crippen LogP contribution >= 0.6 is 0 Å². The minimum absolute atomic E-state index is 0.00130. The fourth-order valence-corrected chi connectivity index (χ4v) is 5.40. The van der Waals surface area contributed by atoms with E-state index in [2.05, 4.69) is 6.92 Å². The molecule has 2 aliphatic rings. The third-order valence-electron chi connectivity index (χ3n) is 6.97. The molecule has 1 aromatic rings. The first-order chi connectivity index (χ1) is 13.4. The van der Waals surface area contributed by atoms with E-state index in [4.69, 9.17) is 0 Å². The molecule has 28 heavy (non-hydrogen) atoms. The van der Waals surface area contributed by atoms with E-state index < -0.39 is 12.0 Å². The number of hydrogen-bond acceptors (Lipinski definition) is 0. The van der Waals surface area contributed by atoms with Crippen LogP contribution in [0.15, 0.2) is 24.3 Å². The lowest BCUT2D eigenvalue weighted by molar-refractivity contribution is -0.0790. The van der Waals surface area contributed by atoms with Gasteiger partial charge >= 0.3 is 6.18 Å². The van der Waals surface area contributed by atoms with Crippen LogP contribution in [-0.2, 0) is 0 Å². The van der Waals surface area contributed by atoms with Gasteiger partial charge in [0.2, 0.25) is 0 Å². The molecule has 2 fully saturated rings. The first-order valence-electron chi connectivity index (χ1n) is 10.9. The molecule has 0 spiro atoms. The number of alkyl halides is 3. The van der Waals surface area contributed by atoms with Gasteiger partial charge in [-0.2, -0.15) is 13.2 Å². The number of hydrogen-bond donors (Lipinski definition) is 0. The lowest BCUT2D eigenvalue weighted by Crippen LogP contribution is -2.25. The minimum Gasteiger partial charge on any atom is -0.206 e. The predicted molar refractivity (Wildman–Crippen MR) is 107 cm³/mol. The molecule has 1 aromatic carbocycles. The summed E-state index contributed by atoms with van der Waals surface area (Å²) in [6, 6.07) is 4.73. The van der Waals surface area contributed by atoms with Crippen LogP contribution in [0.5, 0.6) is 0 Å². The van der Waals surface area contributed by atoms with E-state index >= 15 is 0 Å². The Morgan fingerprint density at radius 2 is 1.54 bits per heavy atom. The first kappa shape index (κ1) is 21.4. The fourth-order valence-electron chi connectivity index (χ4n) is 5.40. The molecule has 0 atom stereocenters. The van der Waals surface area contributed by atoms with Gasteiger partial charge in [0, 0.05) is 11.6 Å². The summed E-state index contributed by atoms with van der Waals surface area (Å²) in [5.74, 6) is 2.38. The fraction of sp³-hybridized carbons (Fsp3) is 0.667. The van der Waals surface area contributed by atoms with Gasteiger partial charge in [-0.25, -0.2) is 4.39 Å². The molecule has 0 radical (unpaired) electrons. The van der Waals surface area contributed by atoms with Crippen molar-refractivity contribution in [3.05, 3.63) is 41.2 Å². The molecule has 0 nitrogen and oxygen atoms in total. The van der Waals surface area contributed by atoms with Crippen LogP contribution in [0.4, 0.5) is 17.6 Å². The molecule has 0 saturated heterocycles. The largest absolute Gasteiger partial charge is 0.409 e. The first-order valence-corrected chi connectivity index (χ1v) is 10.9. The highest BCUT2D eigenvalue weighted by Gasteiger charge is 2.31. The molecular formula is C24H32F4. The van der Waals surface area contributed by atoms with Gasteiger partial charge in [0.15, 0.2) is 0 Å². The van der Waals surface area contributed by atoms with Gasteiger partial charge in [0.1, 0.15) is 5.82 Å². The van der Waals surface area contributed by atoms with Crippen LogP contribution < -0.4 is 0 Å². The molecule has 3 rings (SSSR count). The van der Waals surface area contributed by atoms with E-state index in [9.17, 15) is 17.6 Å². The number of rotatable bonds is 5. The average Bonchev–Trinajstić information content (AvgIpc) is 2.67. The Labute approximate surface area is 166 Å². The normalized spacial score (nSPS) is 29.3. The van der Waals surface area contributed by atoms with Crippen molar-refractivity contribution >= 4 is 6.08 Å². The average molecular weight is 397 g/mol. The van der Waals surface area contributed by atoms with Crippen molar-refractivity contribution in [3.63, 3.8) is 0 Å². The van der Waals surface area contributed by atoms with Gasteiger partial charge in [-0.1, -0.05) is 44.7 Å². The van der Waals surface area contributed by atoms with Crippen LogP contribution in [0, 0.1) is 23.6 Å². The van der Waals surface area contributed by atoms with Gasteiger partial charge in [-0.3, -0.25) is 0 Å². The Morgan fingerprint density at radius 1 is 0.929 bits per heavy atom. The van der Waals surface area contributed by atoms with Gasteiger partial charge in [0.25, 0.3) is 0 Å². The van der Waals surface area contributed by atoms with Gasteiger partial charge < -0.3 is 0 Å². The third-order valence-corrected chi connectivity index (χ3v) is 6.97. The molecule has 0 N–H and O–H groups in total. The van der Waals surface area contributed by atoms with E-state index in [1.807, 2.05) is 0 Å². The second-order valence-corrected chi connectivity index (χ2v) is 8.84. The topological polar surface area (TPSA) is 0 Å². The highest BCUT2D eigenvalue weighted by atomic mass is 19.4. The molecular weight excluding hydrogens is 364 g/mol. The molecule has 0 amide bonds. The van der Waals surface area contributed by atoms with Crippen molar-refractivity contribution in [1.29, 1.82) is 0 Å². The second-order valence-electron chi connectivity index (χ2n) is 8.84. The summed E-state index contributed by atoms with van der Waals surface area (Å²) >= 11 is 0. The quantitative estimate of drug-likeness (QED) is 0.439. The summed E-state index contributed by atoms with van der Waals surface area (Å²) in [5.41, 5.74) is 0.936. The Morgan fingerprint density at radius 3 is 2.07 bits per heavy atom. The van der Waals surface area contributed by atoms with Crippen molar-refractivity contribution in [1.82, 2.24) is 0 Å². The van der Waals surface area contributed by atoms with Crippen molar-refractivity contribution in [2.24, 2.45) is 17.8 Å². The highest BCUT2D eigenvalue weighted by Crippen LogP contribution is 2.44. The summed E-state index contributed by atoms with van der Waals surface area (Å²) in [4.78, 5) is 0. The summed E-state index contributed by atoms with van der Waals surface area (Å²) in [6.45, 7) is 2.27. The van der Waals surface area contributed by atoms with Crippen molar-refractivity contribution in [2.75, 3.05) is 0 Å². The monoisotopic (exact) mass is 396 g/mol. The maximum atomic E-state index is 14.2. The molecule has 0 aliphatic heterocycles. The van der Waals surface area contributed by atoms with Crippen LogP contribution in [0.2, 0.25) is 0 Å². The van der Waals surface area contributed by atoms with E-state index in [1.165, 1.54) is 63.5 Å². The van der Waals surface area contributed by atoms with Crippen molar-refractivity contribution in [2.45, 2.75) is 83.2 Å². The van der Waals surface area contributed by atoms with E-state index in [0.717, 1.165) is 42.2 Å². The van der Waals surface area contributed by atoms with Crippen LogP contribution in [0.1, 0.15) is 88.2 Å². The molecule has 156 valence electrons. The molecule has 0 aromatic heterocycles. The van der Waals surface area contributed by atoms with Crippen LogP contribution in [0.25, 0.3) is 6.08 Å². The zero-order valence-electron chi connectivity index (χ0n) is 16.8. The molecule has 0 heterocycles. The SMILES string of the molecule is CCCC1CCC(C2CCC(c3ccc(/C=C/C(F)(F)F)c(F)c3)CC2)CC1. The molecule has 4 heteroatoms. The minimum atomic E-state index is -4.42. The zero-order valence-corrected chi connectivity index (χ0v) is 16.8. The van der Waals surface area contributed by atoms with Crippen molar-refractivity contribution < 1.29 is 17.6 Å². The number of allylic oxidation sites excluding steroid dienone is 1. The van der Waals surface area contributed by atoms with E-state index in [1.54, 1.807) is 6.07 Å². The Bertz CT molecular complexity index is 645. The predicted octanol–water partition coefficient (Wildman–Crippen LogP) is 8.28. The second kappa shape index (κ2) is 9.45. The number of benzene rings is 1. The molecule has 2 saturated carbocycles. The molecule has 0 unspecified atom stereocenters. The standard InChI is InChI=1S/C24H32F4/c1-2-3-17-4-6-18(7-5-17)19-8-10-20(11-9-19)22-13-12-21(23(25)16-22)14-15-24(26,27)28/h12-20H,2-11H2,1H3/b15-14+. The van der Waals surface area contributed by atoms with E-state index in [-0.39, 0.29) is 11.6 Å². The lowest BCUT2D eigenvalue weighted by Gasteiger charge is -2.38. The van der Waals surface area contributed by atoms with Gasteiger partial charge in [0.05, 0.1) is 0 Å². The lowest BCUT2D eigenvalue weighted by atomic mass is 9.68. The van der Waals surface area contributed by atoms with Crippen LogP contribution in [-0.4, -0.2) is 6.18 Å². The maximum Gasteiger partial charge on any atom is 0.409 e. The Kier molecular flexibility index (Phi) is 7.22. The third kappa shape index (κ3) is 5.84. The Hall–Kier alpha value is -1.32. The van der Waals surface area contributed by atoms with Gasteiger partial charge in [-0.05, 0) is 79.9 Å². The maximum absolute atomic E-state index is 14.2. The highest BCUT2D eigenvalue weighted by molar-refractivity contribution is 5.51. The van der Waals surface area contributed by atoms with Crippen molar-refractivity contribution in [3.8, 4) is 0 Å².